The van der Waals surface area contributed by atoms with Crippen LogP contribution in [0.5, 0.6) is 11.5 Å². The zero-order valence-corrected chi connectivity index (χ0v) is 17.3. The number of aliphatic hydroxyl groups excluding tert-OH is 1. The van der Waals surface area contributed by atoms with Crippen LogP contribution in [0.4, 0.5) is 0 Å². The fourth-order valence-corrected chi connectivity index (χ4v) is 3.06. The minimum Gasteiger partial charge on any atom is -0.497 e. The molecule has 2 aromatic carbocycles. The van der Waals surface area contributed by atoms with E-state index in [0.717, 1.165) is 29.0 Å². The molecule has 29 heavy (non-hydrogen) atoms. The summed E-state index contributed by atoms with van der Waals surface area (Å²) in [6.45, 7) is -0.332. The molecule has 0 spiro atoms. The molecule has 0 fully saturated rings. The SMILES string of the molecule is COc1ccc(CCOc2ccc(CC[C@@](N)(CO)COP(=O)(O)O)cc2)cc1. The van der Waals surface area contributed by atoms with Crippen molar-refractivity contribution >= 4 is 7.82 Å². The number of hydrogen-bond acceptors (Lipinski definition) is 6. The topological polar surface area (TPSA) is 131 Å². The number of rotatable bonds is 12. The molecule has 5 N–H and O–H groups in total. The van der Waals surface area contributed by atoms with E-state index < -0.39 is 26.6 Å². The van der Waals surface area contributed by atoms with E-state index in [2.05, 4.69) is 4.52 Å². The molecule has 0 aliphatic rings. The zero-order valence-electron chi connectivity index (χ0n) is 16.4. The molecule has 8 nitrogen and oxygen atoms in total. The van der Waals surface area contributed by atoms with Gasteiger partial charge in [0.1, 0.15) is 11.5 Å². The highest BCUT2D eigenvalue weighted by Crippen LogP contribution is 2.36. The van der Waals surface area contributed by atoms with Crippen LogP contribution in [0, 0.1) is 0 Å². The average Bonchev–Trinajstić information content (AvgIpc) is 2.72. The largest absolute Gasteiger partial charge is 0.497 e. The monoisotopic (exact) mass is 425 g/mol. The molecule has 160 valence electrons. The van der Waals surface area contributed by atoms with Gasteiger partial charge in [0, 0.05) is 6.42 Å². The van der Waals surface area contributed by atoms with Crippen molar-refractivity contribution in [3.8, 4) is 11.5 Å². The van der Waals surface area contributed by atoms with E-state index in [1.54, 1.807) is 7.11 Å². The zero-order chi connectivity index (χ0) is 21.3. The Hall–Kier alpha value is -1.93. The maximum atomic E-state index is 10.8. The smallest absolute Gasteiger partial charge is 0.469 e. The maximum absolute atomic E-state index is 10.8. The molecule has 0 saturated carbocycles. The second-order valence-electron chi connectivity index (χ2n) is 6.87. The normalized spacial score (nSPS) is 13.7. The van der Waals surface area contributed by atoms with Gasteiger partial charge in [0.25, 0.3) is 0 Å². The maximum Gasteiger partial charge on any atom is 0.469 e. The first-order chi connectivity index (χ1) is 13.7. The second kappa shape index (κ2) is 10.7. The van der Waals surface area contributed by atoms with Crippen LogP contribution < -0.4 is 15.2 Å². The van der Waals surface area contributed by atoms with Gasteiger partial charge >= 0.3 is 7.82 Å². The van der Waals surface area contributed by atoms with Gasteiger partial charge in [0.15, 0.2) is 0 Å². The van der Waals surface area contributed by atoms with Crippen molar-refractivity contribution in [2.24, 2.45) is 5.73 Å². The Morgan fingerprint density at radius 1 is 0.966 bits per heavy atom. The predicted octanol–water partition coefficient (Wildman–Crippen LogP) is 2.05. The number of hydrogen-bond donors (Lipinski definition) is 4. The quantitative estimate of drug-likeness (QED) is 0.380. The third-order valence-electron chi connectivity index (χ3n) is 4.49. The number of phosphoric acid groups is 1. The number of benzene rings is 2. The highest BCUT2D eigenvalue weighted by atomic mass is 31.2. The van der Waals surface area contributed by atoms with E-state index in [4.69, 9.17) is 25.0 Å². The van der Waals surface area contributed by atoms with Gasteiger partial charge in [0.2, 0.25) is 0 Å². The molecule has 0 unspecified atom stereocenters. The molecule has 0 aliphatic heterocycles. The van der Waals surface area contributed by atoms with E-state index in [0.29, 0.717) is 19.4 Å². The molecular weight excluding hydrogens is 397 g/mol. The van der Waals surface area contributed by atoms with Crippen LogP contribution in [-0.2, 0) is 21.9 Å². The van der Waals surface area contributed by atoms with E-state index >= 15 is 0 Å². The number of ether oxygens (including phenoxy) is 2. The molecule has 9 heteroatoms. The van der Waals surface area contributed by atoms with Gasteiger partial charge in [-0.1, -0.05) is 24.3 Å². The van der Waals surface area contributed by atoms with E-state index in [1.165, 1.54) is 0 Å². The Kier molecular flexibility index (Phi) is 8.64. The number of phosphoric ester groups is 1. The summed E-state index contributed by atoms with van der Waals surface area (Å²) in [5.74, 6) is 1.56. The fourth-order valence-electron chi connectivity index (χ4n) is 2.63. The minimum absolute atomic E-state index is 0.307. The van der Waals surface area contributed by atoms with Crippen LogP contribution in [0.15, 0.2) is 48.5 Å². The molecule has 0 heterocycles. The predicted molar refractivity (Wildman–Crippen MR) is 109 cm³/mol. The van der Waals surface area contributed by atoms with Gasteiger partial charge in [-0.05, 0) is 48.2 Å². The van der Waals surface area contributed by atoms with Gasteiger partial charge in [-0.2, -0.15) is 0 Å². The molecular formula is C20H28NO7P. The molecule has 0 bridgehead atoms. The lowest BCUT2D eigenvalue weighted by molar-refractivity contribution is 0.102. The Morgan fingerprint density at radius 2 is 1.52 bits per heavy atom. The molecule has 0 amide bonds. The van der Waals surface area contributed by atoms with Gasteiger partial charge in [-0.3, -0.25) is 4.52 Å². The fraction of sp³-hybridized carbons (Fsp3) is 0.400. The molecule has 0 aromatic heterocycles. The van der Waals surface area contributed by atoms with Gasteiger partial charge in [-0.15, -0.1) is 0 Å². The van der Waals surface area contributed by atoms with Crippen molar-refractivity contribution in [1.82, 2.24) is 0 Å². The Bertz CT molecular complexity index is 791. The number of aryl methyl sites for hydroxylation is 1. The van der Waals surface area contributed by atoms with Gasteiger partial charge in [-0.25, -0.2) is 4.57 Å². The van der Waals surface area contributed by atoms with Crippen LogP contribution in [-0.4, -0.2) is 47.4 Å². The number of aliphatic hydroxyl groups is 1. The molecule has 0 aliphatic carbocycles. The van der Waals surface area contributed by atoms with Crippen LogP contribution >= 0.6 is 7.82 Å². The molecule has 0 saturated heterocycles. The van der Waals surface area contributed by atoms with Crippen molar-refractivity contribution < 1.29 is 33.5 Å². The summed E-state index contributed by atoms with van der Waals surface area (Å²) < 4.78 is 26.2. The Labute approximate surface area is 170 Å². The summed E-state index contributed by atoms with van der Waals surface area (Å²) in [6.07, 6.45) is 1.60. The molecule has 2 rings (SSSR count). The van der Waals surface area contributed by atoms with Crippen molar-refractivity contribution in [3.63, 3.8) is 0 Å². The lowest BCUT2D eigenvalue weighted by atomic mass is 9.94. The highest BCUT2D eigenvalue weighted by Gasteiger charge is 2.28. The van der Waals surface area contributed by atoms with Crippen molar-refractivity contribution in [2.45, 2.75) is 24.8 Å². The Balaban J connectivity index is 1.79. The summed E-state index contributed by atoms with van der Waals surface area (Å²) in [5, 5.41) is 9.44. The third kappa shape index (κ3) is 8.53. The molecule has 1 atom stereocenters. The lowest BCUT2D eigenvalue weighted by Crippen LogP contribution is -2.48. The second-order valence-corrected chi connectivity index (χ2v) is 8.11. The Morgan fingerprint density at radius 3 is 2.03 bits per heavy atom. The highest BCUT2D eigenvalue weighted by molar-refractivity contribution is 7.46. The summed E-state index contributed by atoms with van der Waals surface area (Å²) >= 11 is 0. The van der Waals surface area contributed by atoms with Crippen molar-refractivity contribution in [2.75, 3.05) is 26.9 Å². The summed E-state index contributed by atoms with van der Waals surface area (Å²) in [7, 11) is -2.99. The lowest BCUT2D eigenvalue weighted by Gasteiger charge is -2.27. The van der Waals surface area contributed by atoms with Gasteiger partial charge in [0.05, 0.1) is 32.5 Å². The van der Waals surface area contributed by atoms with Crippen LogP contribution in [0.3, 0.4) is 0 Å². The first-order valence-electron chi connectivity index (χ1n) is 9.17. The van der Waals surface area contributed by atoms with Gasteiger partial charge < -0.3 is 30.1 Å². The van der Waals surface area contributed by atoms with E-state index in [1.807, 2.05) is 48.5 Å². The average molecular weight is 425 g/mol. The number of nitrogens with two attached hydrogens (primary N) is 1. The summed E-state index contributed by atoms with van der Waals surface area (Å²) in [4.78, 5) is 17.6. The summed E-state index contributed by atoms with van der Waals surface area (Å²) in [6, 6.07) is 15.3. The van der Waals surface area contributed by atoms with E-state index in [-0.39, 0.29) is 0 Å². The minimum atomic E-state index is -4.63. The van der Waals surface area contributed by atoms with Crippen molar-refractivity contribution in [3.05, 3.63) is 59.7 Å². The van der Waals surface area contributed by atoms with Crippen LogP contribution in [0.25, 0.3) is 0 Å². The third-order valence-corrected chi connectivity index (χ3v) is 4.95. The molecule has 0 radical (unpaired) electrons. The summed E-state index contributed by atoms with van der Waals surface area (Å²) in [5.41, 5.74) is 6.86. The van der Waals surface area contributed by atoms with Crippen molar-refractivity contribution in [1.29, 1.82) is 0 Å². The van der Waals surface area contributed by atoms with E-state index in [9.17, 15) is 9.67 Å². The van der Waals surface area contributed by atoms with Crippen LogP contribution in [0.2, 0.25) is 0 Å². The van der Waals surface area contributed by atoms with Crippen LogP contribution in [0.1, 0.15) is 17.5 Å². The number of methoxy groups -OCH3 is 1. The standard InChI is InChI=1S/C20H28NO7P/c1-26-18-6-2-17(3-7-18)11-13-27-19-8-4-16(5-9-19)10-12-20(21,14-22)15-28-29(23,24)25/h2-9,22H,10-15,21H2,1H3,(H2,23,24,25)/t20-/m1/s1. The first kappa shape index (κ1) is 23.3. The molecule has 2 aromatic rings. The first-order valence-corrected chi connectivity index (χ1v) is 10.7.